The fraction of sp³-hybridized carbons (Fsp3) is 0.571. The van der Waals surface area contributed by atoms with Gasteiger partial charge >= 0.3 is 5.97 Å². The molecule has 0 saturated carbocycles. The predicted molar refractivity (Wildman–Crippen MR) is 41.3 cm³/mol. The largest absolute Gasteiger partial charge is 0.512 e. The van der Waals surface area contributed by atoms with E-state index in [0.717, 1.165) is 6.42 Å². The summed E-state index contributed by atoms with van der Waals surface area (Å²) >= 11 is 0. The number of esters is 1. The molecular weight excluding hydrogens is 171 g/mol. The van der Waals surface area contributed by atoms with Crippen molar-refractivity contribution in [3.05, 3.63) is 11.3 Å². The summed E-state index contributed by atoms with van der Waals surface area (Å²) in [5.74, 6) is -0.193. The third kappa shape index (κ3) is 2.87. The first kappa shape index (κ1) is 11.6. The van der Waals surface area contributed by atoms with Gasteiger partial charge in [0.05, 0.1) is 12.7 Å². The number of rotatable bonds is 1. The van der Waals surface area contributed by atoms with Crippen molar-refractivity contribution >= 4 is 57.4 Å². The minimum absolute atomic E-state index is 0. The number of ether oxygens (including phenoxy) is 1. The Kier molecular flexibility index (Phi) is 5.63. The average molecular weight is 181 g/mol. The molecule has 1 aliphatic carbocycles. The second kappa shape index (κ2) is 5.32. The molecule has 0 aliphatic heterocycles. The number of hydrogen-bond donors (Lipinski definition) is 1. The van der Waals surface area contributed by atoms with Gasteiger partial charge in [-0.2, -0.15) is 0 Å². The van der Waals surface area contributed by atoms with E-state index in [-0.39, 0.29) is 57.1 Å². The van der Waals surface area contributed by atoms with Crippen molar-refractivity contribution < 1.29 is 14.6 Å². The first-order chi connectivity index (χ1) is 4.75. The number of aliphatic hydroxyl groups excluding tert-OH is 1. The maximum absolute atomic E-state index is 10.8. The Hall–Kier alpha value is 0.646. The summed E-state index contributed by atoms with van der Waals surface area (Å²) in [6, 6.07) is 0. The Labute approximate surface area is 108 Å². The molecule has 0 aromatic heterocycles. The van der Waals surface area contributed by atoms with Crippen molar-refractivity contribution in [2.75, 3.05) is 7.11 Å². The van der Waals surface area contributed by atoms with E-state index in [1.54, 1.807) is 0 Å². The summed E-state index contributed by atoms with van der Waals surface area (Å²) in [5, 5.41) is 9.07. The standard InChI is InChI=1S/C7H10O3.K/c1-10-7(9)5-3-2-4-6(5)8;/h8H,2-4H2,1H3;. The minimum Gasteiger partial charge on any atom is -0.512 e. The van der Waals surface area contributed by atoms with Crippen molar-refractivity contribution in [2.45, 2.75) is 19.3 Å². The molecule has 57 valence electrons. The quantitative estimate of drug-likeness (QED) is 0.480. The van der Waals surface area contributed by atoms with Crippen LogP contribution in [-0.4, -0.2) is 69.6 Å². The first-order valence-electron chi connectivity index (χ1n) is 3.25. The van der Waals surface area contributed by atoms with Crippen molar-refractivity contribution in [3.63, 3.8) is 0 Å². The molecule has 11 heavy (non-hydrogen) atoms. The molecule has 0 aromatic rings. The number of carbonyl (C=O) groups excluding carboxylic acids is 1. The molecule has 0 saturated heterocycles. The summed E-state index contributed by atoms with van der Waals surface area (Å²) in [4.78, 5) is 10.8. The van der Waals surface area contributed by atoms with E-state index < -0.39 is 5.97 Å². The molecule has 3 nitrogen and oxygen atoms in total. The van der Waals surface area contributed by atoms with Crippen LogP contribution in [0.25, 0.3) is 0 Å². The number of carbonyl (C=O) groups is 1. The van der Waals surface area contributed by atoms with E-state index in [9.17, 15) is 4.79 Å². The Balaban J connectivity index is 0.000001000. The molecule has 0 spiro atoms. The van der Waals surface area contributed by atoms with E-state index in [1.165, 1.54) is 7.11 Å². The zero-order valence-corrected chi connectivity index (χ0v) is 10.0. The van der Waals surface area contributed by atoms with Gasteiger partial charge in [0.15, 0.2) is 0 Å². The Bertz CT molecular complexity index is 186. The summed E-state index contributed by atoms with van der Waals surface area (Å²) < 4.78 is 4.45. The van der Waals surface area contributed by atoms with Crippen LogP contribution < -0.4 is 0 Å². The Morgan fingerprint density at radius 2 is 2.18 bits per heavy atom. The van der Waals surface area contributed by atoms with Gasteiger partial charge in [-0.25, -0.2) is 4.79 Å². The number of aliphatic hydroxyl groups is 1. The van der Waals surface area contributed by atoms with Crippen molar-refractivity contribution in [1.29, 1.82) is 0 Å². The molecule has 0 amide bonds. The van der Waals surface area contributed by atoms with E-state index in [4.69, 9.17) is 5.11 Å². The minimum atomic E-state index is -0.394. The first-order valence-corrected chi connectivity index (χ1v) is 3.25. The van der Waals surface area contributed by atoms with Crippen LogP contribution >= 0.6 is 0 Å². The molecule has 0 fully saturated rings. The summed E-state index contributed by atoms with van der Waals surface area (Å²) in [5.41, 5.74) is 0.447. The Morgan fingerprint density at radius 1 is 1.55 bits per heavy atom. The molecule has 1 aliphatic rings. The summed E-state index contributed by atoms with van der Waals surface area (Å²) in [6.07, 6.45) is 2.12. The van der Waals surface area contributed by atoms with Gasteiger partial charge in [0.2, 0.25) is 0 Å². The molecular formula is C7H10KO3. The van der Waals surface area contributed by atoms with Gasteiger partial charge in [0.25, 0.3) is 0 Å². The van der Waals surface area contributed by atoms with Gasteiger partial charge in [-0.15, -0.1) is 0 Å². The Morgan fingerprint density at radius 3 is 2.55 bits per heavy atom. The zero-order valence-electron chi connectivity index (χ0n) is 6.89. The van der Waals surface area contributed by atoms with Gasteiger partial charge < -0.3 is 9.84 Å². The van der Waals surface area contributed by atoms with Gasteiger partial charge in [-0.1, -0.05) is 0 Å². The van der Waals surface area contributed by atoms with E-state index >= 15 is 0 Å². The molecule has 0 atom stereocenters. The van der Waals surface area contributed by atoms with Crippen molar-refractivity contribution in [1.82, 2.24) is 0 Å². The normalized spacial score (nSPS) is 16.1. The van der Waals surface area contributed by atoms with Gasteiger partial charge in [0.1, 0.15) is 5.76 Å². The van der Waals surface area contributed by atoms with Crippen LogP contribution in [0.5, 0.6) is 0 Å². The topological polar surface area (TPSA) is 46.5 Å². The molecule has 0 unspecified atom stereocenters. The third-order valence-electron chi connectivity index (χ3n) is 1.62. The molecule has 0 aromatic carbocycles. The predicted octanol–water partition coefficient (Wildman–Crippen LogP) is 0.775. The van der Waals surface area contributed by atoms with Crippen LogP contribution in [0, 0.1) is 0 Å². The molecule has 0 heterocycles. The van der Waals surface area contributed by atoms with Gasteiger partial charge in [0, 0.05) is 57.8 Å². The van der Waals surface area contributed by atoms with Crippen LogP contribution in [0.3, 0.4) is 0 Å². The SMILES string of the molecule is COC(=O)C1=C(O)CCC1.[K]. The smallest absolute Gasteiger partial charge is 0.337 e. The van der Waals surface area contributed by atoms with E-state index in [2.05, 4.69) is 4.74 Å². The van der Waals surface area contributed by atoms with Crippen LogP contribution in [0.1, 0.15) is 19.3 Å². The second-order valence-corrected chi connectivity index (χ2v) is 2.27. The van der Waals surface area contributed by atoms with Crippen LogP contribution in [0.2, 0.25) is 0 Å². The molecule has 0 bridgehead atoms. The van der Waals surface area contributed by atoms with Crippen LogP contribution in [-0.2, 0) is 9.53 Å². The summed E-state index contributed by atoms with van der Waals surface area (Å²) in [6.45, 7) is 0. The number of allylic oxidation sites excluding steroid dienone is 1. The third-order valence-corrected chi connectivity index (χ3v) is 1.62. The maximum Gasteiger partial charge on any atom is 0.337 e. The number of hydrogen-bond acceptors (Lipinski definition) is 3. The fourth-order valence-corrected chi connectivity index (χ4v) is 1.07. The second-order valence-electron chi connectivity index (χ2n) is 2.27. The van der Waals surface area contributed by atoms with E-state index in [0.29, 0.717) is 18.4 Å². The fourth-order valence-electron chi connectivity index (χ4n) is 1.07. The van der Waals surface area contributed by atoms with Crippen LogP contribution in [0.15, 0.2) is 11.3 Å². The van der Waals surface area contributed by atoms with Crippen molar-refractivity contribution in [2.24, 2.45) is 0 Å². The van der Waals surface area contributed by atoms with Crippen molar-refractivity contribution in [3.8, 4) is 0 Å². The molecule has 1 N–H and O–H groups in total. The van der Waals surface area contributed by atoms with Gasteiger partial charge in [-0.3, -0.25) is 0 Å². The molecule has 1 rings (SSSR count). The molecule has 4 heteroatoms. The average Bonchev–Trinajstić information content (AvgIpc) is 2.34. The summed E-state index contributed by atoms with van der Waals surface area (Å²) in [7, 11) is 1.32. The number of methoxy groups -OCH3 is 1. The maximum atomic E-state index is 10.8. The molecule has 1 radical (unpaired) electrons. The zero-order chi connectivity index (χ0) is 7.56. The monoisotopic (exact) mass is 181 g/mol. The van der Waals surface area contributed by atoms with Crippen LogP contribution in [0.4, 0.5) is 0 Å². The van der Waals surface area contributed by atoms with E-state index in [1.807, 2.05) is 0 Å². The van der Waals surface area contributed by atoms with Gasteiger partial charge in [-0.05, 0) is 12.8 Å².